The summed E-state index contributed by atoms with van der Waals surface area (Å²) in [5.74, 6) is 0.604. The van der Waals surface area contributed by atoms with E-state index in [2.05, 4.69) is 26.2 Å². The number of benzene rings is 3. The molecule has 0 spiro atoms. The molecule has 1 heterocycles. The molecule has 0 radical (unpaired) electrons. The molecule has 0 atom stereocenters. The van der Waals surface area contributed by atoms with Gasteiger partial charge in [-0.1, -0.05) is 60.1 Å². The van der Waals surface area contributed by atoms with Crippen molar-refractivity contribution in [2.24, 2.45) is 0 Å². The normalized spacial score (nSPS) is 10.8. The Kier molecular flexibility index (Phi) is 5.16. The number of carbonyl (C=O) groups excluding carboxylic acids is 1. The average molecular weight is 452 g/mol. The molecule has 3 nitrogen and oxygen atoms in total. The number of hydrogen-bond acceptors (Lipinski definition) is 3. The first-order valence-corrected chi connectivity index (χ1v) is 9.92. The number of anilines is 2. The van der Waals surface area contributed by atoms with Gasteiger partial charge in [-0.05, 0) is 46.6 Å². The van der Waals surface area contributed by atoms with E-state index in [9.17, 15) is 4.79 Å². The molecule has 5 heteroatoms. The van der Waals surface area contributed by atoms with Gasteiger partial charge in [0.05, 0.1) is 9.50 Å². The molecule has 0 saturated carbocycles. The number of fused-ring (bicyclic) bond motifs is 1. The van der Waals surface area contributed by atoms with Crippen LogP contribution < -0.4 is 5.32 Å². The summed E-state index contributed by atoms with van der Waals surface area (Å²) in [5, 5.41) is 5.79. The third-order valence-corrected chi connectivity index (χ3v) is 5.72. The van der Waals surface area contributed by atoms with Gasteiger partial charge in [0, 0.05) is 33.8 Å². The van der Waals surface area contributed by atoms with Crippen LogP contribution in [0, 0.1) is 6.92 Å². The summed E-state index contributed by atoms with van der Waals surface area (Å²) in [6.07, 6.45) is 1.82. The number of carbonyl (C=O) groups is 1. The molecule has 0 aliphatic heterocycles. The van der Waals surface area contributed by atoms with E-state index >= 15 is 0 Å². The molecule has 0 saturated heterocycles. The molecule has 0 aliphatic rings. The standard InChI is InChI=1S/C23H16BrClN2O/c1-14-6-2-4-8-17(14)22(28)19-11-10-16(12-20(19)25)27-23-21(24)18-9-5-3-7-15(18)13-26-23/h2-13H,1H3,(H,26,27). The maximum absolute atomic E-state index is 12.8. The predicted octanol–water partition coefficient (Wildman–Crippen LogP) is 6.93. The van der Waals surface area contributed by atoms with Crippen LogP contribution in [0.5, 0.6) is 0 Å². The Hall–Kier alpha value is -2.69. The Morgan fingerprint density at radius 1 is 1.00 bits per heavy atom. The van der Waals surface area contributed by atoms with E-state index in [0.717, 1.165) is 26.5 Å². The largest absolute Gasteiger partial charge is 0.339 e. The number of aromatic nitrogens is 1. The van der Waals surface area contributed by atoms with Crippen molar-refractivity contribution in [1.29, 1.82) is 0 Å². The lowest BCUT2D eigenvalue weighted by Gasteiger charge is -2.12. The molecule has 28 heavy (non-hydrogen) atoms. The fourth-order valence-electron chi connectivity index (χ4n) is 3.10. The van der Waals surface area contributed by atoms with Crippen LogP contribution in [0.1, 0.15) is 21.5 Å². The van der Waals surface area contributed by atoms with E-state index in [-0.39, 0.29) is 5.78 Å². The van der Waals surface area contributed by atoms with Gasteiger partial charge in [0.2, 0.25) is 0 Å². The van der Waals surface area contributed by atoms with Gasteiger partial charge >= 0.3 is 0 Å². The lowest BCUT2D eigenvalue weighted by atomic mass is 9.99. The van der Waals surface area contributed by atoms with Gasteiger partial charge in [0.1, 0.15) is 5.82 Å². The summed E-state index contributed by atoms with van der Waals surface area (Å²) < 4.78 is 0.877. The third-order valence-electron chi connectivity index (χ3n) is 4.60. The number of pyridine rings is 1. The summed E-state index contributed by atoms with van der Waals surface area (Å²) in [4.78, 5) is 17.3. The number of nitrogens with one attached hydrogen (secondary N) is 1. The molecular weight excluding hydrogens is 436 g/mol. The van der Waals surface area contributed by atoms with Gasteiger partial charge in [-0.2, -0.15) is 0 Å². The number of ketones is 1. The zero-order chi connectivity index (χ0) is 19.7. The van der Waals surface area contributed by atoms with Crippen LogP contribution in [0.15, 0.2) is 77.4 Å². The molecule has 4 aromatic rings. The minimum Gasteiger partial charge on any atom is -0.339 e. The number of nitrogens with zero attached hydrogens (tertiary/aromatic N) is 1. The summed E-state index contributed by atoms with van der Waals surface area (Å²) >= 11 is 10.1. The van der Waals surface area contributed by atoms with Crippen molar-refractivity contribution in [3.05, 3.63) is 99.1 Å². The molecule has 0 fully saturated rings. The Bertz CT molecular complexity index is 1210. The number of halogens is 2. The van der Waals surface area contributed by atoms with Crippen LogP contribution in [0.3, 0.4) is 0 Å². The number of hydrogen-bond donors (Lipinski definition) is 1. The second-order valence-corrected chi connectivity index (χ2v) is 7.67. The van der Waals surface area contributed by atoms with Crippen LogP contribution in [0.4, 0.5) is 11.5 Å². The van der Waals surface area contributed by atoms with Gasteiger partial charge in [0.25, 0.3) is 0 Å². The molecule has 1 aromatic heterocycles. The molecule has 1 N–H and O–H groups in total. The van der Waals surface area contributed by atoms with Crippen molar-refractivity contribution < 1.29 is 4.79 Å². The second-order valence-electron chi connectivity index (χ2n) is 6.47. The van der Waals surface area contributed by atoms with Crippen molar-refractivity contribution in [2.45, 2.75) is 6.92 Å². The van der Waals surface area contributed by atoms with Crippen LogP contribution in [-0.2, 0) is 0 Å². The van der Waals surface area contributed by atoms with Gasteiger partial charge in [0.15, 0.2) is 5.78 Å². The van der Waals surface area contributed by atoms with E-state index in [1.807, 2.05) is 67.7 Å². The van der Waals surface area contributed by atoms with Gasteiger partial charge in [-0.15, -0.1) is 0 Å². The number of rotatable bonds is 4. The van der Waals surface area contributed by atoms with Crippen molar-refractivity contribution in [3.8, 4) is 0 Å². The van der Waals surface area contributed by atoms with Crippen molar-refractivity contribution >= 4 is 55.6 Å². The maximum Gasteiger partial charge on any atom is 0.194 e. The van der Waals surface area contributed by atoms with Crippen LogP contribution in [-0.4, -0.2) is 10.8 Å². The lowest BCUT2D eigenvalue weighted by Crippen LogP contribution is -2.05. The van der Waals surface area contributed by atoms with Crippen molar-refractivity contribution in [3.63, 3.8) is 0 Å². The fourth-order valence-corrected chi connectivity index (χ4v) is 3.93. The zero-order valence-corrected chi connectivity index (χ0v) is 17.4. The second kappa shape index (κ2) is 7.74. The quantitative estimate of drug-likeness (QED) is 0.342. The van der Waals surface area contributed by atoms with E-state index in [0.29, 0.717) is 22.0 Å². The summed E-state index contributed by atoms with van der Waals surface area (Å²) in [6.45, 7) is 1.92. The van der Waals surface area contributed by atoms with Crippen molar-refractivity contribution in [1.82, 2.24) is 4.98 Å². The highest BCUT2D eigenvalue weighted by molar-refractivity contribution is 9.10. The molecule has 3 aromatic carbocycles. The van der Waals surface area contributed by atoms with E-state index < -0.39 is 0 Å². The fraction of sp³-hybridized carbons (Fsp3) is 0.0435. The first-order chi connectivity index (χ1) is 13.5. The van der Waals surface area contributed by atoms with Crippen molar-refractivity contribution in [2.75, 3.05) is 5.32 Å². The van der Waals surface area contributed by atoms with Crippen LogP contribution in [0.2, 0.25) is 5.02 Å². The van der Waals surface area contributed by atoms with Gasteiger partial charge in [-0.25, -0.2) is 4.98 Å². The highest BCUT2D eigenvalue weighted by Gasteiger charge is 2.15. The SMILES string of the molecule is Cc1ccccc1C(=O)c1ccc(Nc2ncc3ccccc3c2Br)cc1Cl. The molecular formula is C23H16BrClN2O. The summed E-state index contributed by atoms with van der Waals surface area (Å²) in [7, 11) is 0. The van der Waals surface area contributed by atoms with E-state index in [1.54, 1.807) is 12.1 Å². The minimum absolute atomic E-state index is 0.0836. The van der Waals surface area contributed by atoms with E-state index in [4.69, 9.17) is 11.6 Å². The topological polar surface area (TPSA) is 42.0 Å². The number of aryl methyl sites for hydroxylation is 1. The lowest BCUT2D eigenvalue weighted by molar-refractivity contribution is 0.103. The molecule has 0 unspecified atom stereocenters. The maximum atomic E-state index is 12.8. The highest BCUT2D eigenvalue weighted by Crippen LogP contribution is 2.32. The third kappa shape index (κ3) is 3.53. The monoisotopic (exact) mass is 450 g/mol. The van der Waals surface area contributed by atoms with E-state index in [1.165, 1.54) is 0 Å². The zero-order valence-electron chi connectivity index (χ0n) is 15.0. The van der Waals surface area contributed by atoms with Gasteiger partial charge < -0.3 is 5.32 Å². The molecule has 0 bridgehead atoms. The van der Waals surface area contributed by atoms with Crippen LogP contribution >= 0.6 is 27.5 Å². The smallest absolute Gasteiger partial charge is 0.194 e. The Balaban J connectivity index is 1.65. The Morgan fingerprint density at radius 2 is 1.75 bits per heavy atom. The van der Waals surface area contributed by atoms with Crippen LogP contribution in [0.25, 0.3) is 10.8 Å². The summed E-state index contributed by atoms with van der Waals surface area (Å²) in [6, 6.07) is 20.8. The summed E-state index contributed by atoms with van der Waals surface area (Å²) in [5.41, 5.74) is 2.82. The predicted molar refractivity (Wildman–Crippen MR) is 119 cm³/mol. The molecule has 138 valence electrons. The molecule has 0 amide bonds. The minimum atomic E-state index is -0.0836. The van der Waals surface area contributed by atoms with Gasteiger partial charge in [-0.3, -0.25) is 4.79 Å². The Labute approximate surface area is 176 Å². The molecule has 4 rings (SSSR count). The first-order valence-electron chi connectivity index (χ1n) is 8.75. The Morgan fingerprint density at radius 3 is 2.54 bits per heavy atom. The molecule has 0 aliphatic carbocycles. The first kappa shape index (κ1) is 18.7. The highest BCUT2D eigenvalue weighted by atomic mass is 79.9. The average Bonchev–Trinajstić information content (AvgIpc) is 2.70.